The van der Waals surface area contributed by atoms with E-state index >= 15 is 0 Å². The lowest BCUT2D eigenvalue weighted by molar-refractivity contribution is -0.130. The molecule has 0 aliphatic carbocycles. The molecule has 0 aromatic carbocycles. The van der Waals surface area contributed by atoms with Crippen LogP contribution in [-0.4, -0.2) is 36.2 Å². The monoisotopic (exact) mass is 260 g/mol. The predicted molar refractivity (Wildman–Crippen MR) is 70.5 cm³/mol. The van der Waals surface area contributed by atoms with Crippen molar-refractivity contribution in [2.45, 2.75) is 45.4 Å². The van der Waals surface area contributed by atoms with Gasteiger partial charge in [0.15, 0.2) is 6.29 Å². The lowest BCUT2D eigenvalue weighted by atomic mass is 10.2. The molecule has 17 heavy (non-hydrogen) atoms. The zero-order valence-electron chi connectivity index (χ0n) is 11.3. The Balaban J connectivity index is 3.71. The molecule has 0 aliphatic heterocycles. The predicted octanol–water partition coefficient (Wildman–Crippen LogP) is 1.79. The standard InChI is InChI=1S/C12H24O4Si/c1-5-6-7-10(2)12(13)16-17-9-8-11(14-3)15-4/h7,11H,5-6,8-9,17H2,1-4H3. The molecular formula is C12H24O4Si. The summed E-state index contributed by atoms with van der Waals surface area (Å²) < 4.78 is 15.4. The summed E-state index contributed by atoms with van der Waals surface area (Å²) >= 11 is 0. The number of hydrogen-bond donors (Lipinski definition) is 0. The van der Waals surface area contributed by atoms with Gasteiger partial charge in [-0.15, -0.1) is 0 Å². The highest BCUT2D eigenvalue weighted by molar-refractivity contribution is 6.31. The average molecular weight is 260 g/mol. The summed E-state index contributed by atoms with van der Waals surface area (Å²) in [6.45, 7) is 3.89. The van der Waals surface area contributed by atoms with E-state index in [4.69, 9.17) is 13.9 Å². The number of methoxy groups -OCH3 is 2. The van der Waals surface area contributed by atoms with Crippen LogP contribution >= 0.6 is 0 Å². The van der Waals surface area contributed by atoms with Gasteiger partial charge in [0.2, 0.25) is 9.76 Å². The lowest BCUT2D eigenvalue weighted by Crippen LogP contribution is -2.15. The summed E-state index contributed by atoms with van der Waals surface area (Å²) in [7, 11) is 2.41. The van der Waals surface area contributed by atoms with E-state index in [0.29, 0.717) is 0 Å². The molecule has 0 rings (SSSR count). The first-order valence-corrected chi connectivity index (χ1v) is 7.62. The van der Waals surface area contributed by atoms with Gasteiger partial charge in [-0.05, 0) is 25.8 Å². The maximum Gasteiger partial charge on any atom is 0.319 e. The number of ether oxygens (including phenoxy) is 2. The Labute approximate surface area is 106 Å². The fourth-order valence-corrected chi connectivity index (χ4v) is 2.36. The Morgan fingerprint density at radius 3 is 2.53 bits per heavy atom. The van der Waals surface area contributed by atoms with Gasteiger partial charge in [0, 0.05) is 19.8 Å². The average Bonchev–Trinajstić information content (AvgIpc) is 2.35. The Hall–Kier alpha value is -0.653. The number of unbranched alkanes of at least 4 members (excludes halogenated alkanes) is 1. The third-order valence-corrected chi connectivity index (χ3v) is 3.57. The minimum atomic E-state index is -0.814. The lowest BCUT2D eigenvalue weighted by Gasteiger charge is -2.12. The van der Waals surface area contributed by atoms with Crippen molar-refractivity contribution >= 4 is 15.7 Å². The smallest absolute Gasteiger partial charge is 0.319 e. The van der Waals surface area contributed by atoms with Crippen molar-refractivity contribution in [2.75, 3.05) is 14.2 Å². The fourth-order valence-electron chi connectivity index (χ4n) is 1.30. The third kappa shape index (κ3) is 8.12. The maximum atomic E-state index is 11.5. The first-order valence-electron chi connectivity index (χ1n) is 6.05. The zero-order valence-corrected chi connectivity index (χ0v) is 12.7. The van der Waals surface area contributed by atoms with Gasteiger partial charge >= 0.3 is 5.97 Å². The van der Waals surface area contributed by atoms with Crippen LogP contribution in [0.15, 0.2) is 11.6 Å². The number of rotatable bonds is 9. The van der Waals surface area contributed by atoms with Gasteiger partial charge in [-0.25, -0.2) is 4.79 Å². The molecule has 0 aromatic rings. The minimum absolute atomic E-state index is 0.170. The van der Waals surface area contributed by atoms with Gasteiger partial charge in [0.1, 0.15) is 0 Å². The molecule has 0 aromatic heterocycles. The number of carbonyl (C=O) groups excluding carboxylic acids is 1. The number of hydrogen-bond acceptors (Lipinski definition) is 4. The van der Waals surface area contributed by atoms with Gasteiger partial charge in [-0.3, -0.25) is 0 Å². The van der Waals surface area contributed by atoms with E-state index in [1.807, 2.05) is 6.08 Å². The molecule has 0 bridgehead atoms. The van der Waals surface area contributed by atoms with Crippen LogP contribution < -0.4 is 0 Å². The first kappa shape index (κ1) is 16.3. The molecule has 0 atom stereocenters. The van der Waals surface area contributed by atoms with Gasteiger partial charge in [0.05, 0.1) is 0 Å². The van der Waals surface area contributed by atoms with Crippen LogP contribution in [-0.2, 0) is 18.7 Å². The van der Waals surface area contributed by atoms with E-state index in [2.05, 4.69) is 6.92 Å². The van der Waals surface area contributed by atoms with Crippen LogP contribution in [0, 0.1) is 0 Å². The maximum absolute atomic E-state index is 11.5. The topological polar surface area (TPSA) is 44.8 Å². The summed E-state index contributed by atoms with van der Waals surface area (Å²) in [6.07, 6.45) is 4.51. The highest BCUT2D eigenvalue weighted by Crippen LogP contribution is 2.04. The normalized spacial score (nSPS) is 12.6. The molecule has 0 heterocycles. The highest BCUT2D eigenvalue weighted by Gasteiger charge is 2.08. The molecule has 0 saturated carbocycles. The molecule has 5 heteroatoms. The second-order valence-electron chi connectivity index (χ2n) is 3.85. The van der Waals surface area contributed by atoms with Crippen LogP contribution in [0.4, 0.5) is 0 Å². The van der Waals surface area contributed by atoms with Gasteiger partial charge in [-0.2, -0.15) is 0 Å². The fraction of sp³-hybridized carbons (Fsp3) is 0.750. The molecule has 0 amide bonds. The Bertz CT molecular complexity index is 237. The Morgan fingerprint density at radius 1 is 1.35 bits per heavy atom. The van der Waals surface area contributed by atoms with Crippen molar-refractivity contribution in [3.05, 3.63) is 11.6 Å². The van der Waals surface area contributed by atoms with E-state index in [1.165, 1.54) is 0 Å². The van der Waals surface area contributed by atoms with Crippen molar-refractivity contribution in [3.63, 3.8) is 0 Å². The summed E-state index contributed by atoms with van der Waals surface area (Å²) in [6, 6.07) is 0.874. The molecule has 0 spiro atoms. The molecule has 0 saturated heterocycles. The van der Waals surface area contributed by atoms with Crippen molar-refractivity contribution in [1.29, 1.82) is 0 Å². The molecule has 100 valence electrons. The van der Waals surface area contributed by atoms with Crippen molar-refractivity contribution in [2.24, 2.45) is 0 Å². The van der Waals surface area contributed by atoms with Crippen LogP contribution in [0.1, 0.15) is 33.1 Å². The second-order valence-corrected chi connectivity index (χ2v) is 5.26. The molecule has 0 fully saturated rings. The van der Waals surface area contributed by atoms with Crippen molar-refractivity contribution in [1.82, 2.24) is 0 Å². The minimum Gasteiger partial charge on any atom is -0.522 e. The number of allylic oxidation sites excluding steroid dienone is 1. The quantitative estimate of drug-likeness (QED) is 0.274. The SMILES string of the molecule is CCCC=C(C)C(=O)O[SiH2]CCC(OC)OC. The Kier molecular flexibility index (Phi) is 10.1. The molecular weight excluding hydrogens is 236 g/mol. The van der Waals surface area contributed by atoms with E-state index in [0.717, 1.165) is 30.9 Å². The van der Waals surface area contributed by atoms with Crippen molar-refractivity contribution in [3.8, 4) is 0 Å². The number of carbonyl (C=O) groups is 1. The van der Waals surface area contributed by atoms with Crippen LogP contribution in [0.3, 0.4) is 0 Å². The second kappa shape index (κ2) is 10.5. The first-order chi connectivity index (χ1) is 8.15. The molecule has 0 aliphatic rings. The van der Waals surface area contributed by atoms with E-state index < -0.39 is 9.76 Å². The van der Waals surface area contributed by atoms with E-state index in [-0.39, 0.29) is 12.3 Å². The summed E-state index contributed by atoms with van der Waals surface area (Å²) in [5.74, 6) is -0.170. The third-order valence-electron chi connectivity index (χ3n) is 2.40. The Morgan fingerprint density at radius 2 is 2.00 bits per heavy atom. The summed E-state index contributed by atoms with van der Waals surface area (Å²) in [5, 5.41) is 0. The summed E-state index contributed by atoms with van der Waals surface area (Å²) in [4.78, 5) is 11.5. The van der Waals surface area contributed by atoms with Gasteiger partial charge in [0.25, 0.3) is 0 Å². The van der Waals surface area contributed by atoms with Gasteiger partial charge < -0.3 is 13.9 Å². The van der Waals surface area contributed by atoms with Crippen molar-refractivity contribution < 1.29 is 18.7 Å². The molecule has 0 N–H and O–H groups in total. The van der Waals surface area contributed by atoms with Gasteiger partial charge in [-0.1, -0.05) is 19.4 Å². The summed E-state index contributed by atoms with van der Waals surface area (Å²) in [5.41, 5.74) is 0.717. The highest BCUT2D eigenvalue weighted by atomic mass is 28.2. The zero-order chi connectivity index (χ0) is 13.1. The van der Waals surface area contributed by atoms with E-state index in [1.54, 1.807) is 21.1 Å². The molecule has 0 radical (unpaired) electrons. The van der Waals surface area contributed by atoms with Crippen LogP contribution in [0.5, 0.6) is 0 Å². The molecule has 4 nitrogen and oxygen atoms in total. The van der Waals surface area contributed by atoms with Crippen LogP contribution in [0.2, 0.25) is 6.04 Å². The van der Waals surface area contributed by atoms with Crippen LogP contribution in [0.25, 0.3) is 0 Å². The largest absolute Gasteiger partial charge is 0.522 e. The van der Waals surface area contributed by atoms with E-state index in [9.17, 15) is 4.79 Å². The molecule has 0 unspecified atom stereocenters.